The summed E-state index contributed by atoms with van der Waals surface area (Å²) in [5, 5.41) is 3.22. The zero-order valence-electron chi connectivity index (χ0n) is 9.05. The van der Waals surface area contributed by atoms with Crippen molar-refractivity contribution in [3.05, 3.63) is 0 Å². The van der Waals surface area contributed by atoms with Crippen LogP contribution in [0.3, 0.4) is 0 Å². The highest BCUT2D eigenvalue weighted by Crippen LogP contribution is 2.14. The van der Waals surface area contributed by atoms with Gasteiger partial charge in [-0.3, -0.25) is 4.90 Å². The lowest BCUT2D eigenvalue weighted by Gasteiger charge is -2.35. The fraction of sp³-hybridized carbons (Fsp3) is 1.00. The van der Waals surface area contributed by atoms with Crippen molar-refractivity contribution in [2.45, 2.75) is 31.9 Å². The quantitative estimate of drug-likeness (QED) is 0.699. The van der Waals surface area contributed by atoms with Crippen molar-refractivity contribution in [1.29, 1.82) is 0 Å². The van der Waals surface area contributed by atoms with Crippen LogP contribution in [0.25, 0.3) is 0 Å². The highest BCUT2D eigenvalue weighted by molar-refractivity contribution is 4.77. The van der Waals surface area contributed by atoms with Crippen LogP contribution in [0.2, 0.25) is 0 Å². The summed E-state index contributed by atoms with van der Waals surface area (Å²) in [4.78, 5) is 2.53. The highest BCUT2D eigenvalue weighted by atomic mass is 16.5. The number of ether oxygens (including phenoxy) is 1. The third kappa shape index (κ3) is 3.25. The molecule has 1 atom stereocenters. The lowest BCUT2D eigenvalue weighted by Crippen LogP contribution is -2.45. The normalized spacial score (nSPS) is 23.3. The van der Waals surface area contributed by atoms with Crippen molar-refractivity contribution in [1.82, 2.24) is 10.2 Å². The van der Waals surface area contributed by atoms with Gasteiger partial charge in [0.05, 0.1) is 6.10 Å². The number of nitrogens with zero attached hydrogens (tertiary/aromatic N) is 1. The molecule has 1 rings (SSSR count). The molecule has 0 spiro atoms. The average Bonchev–Trinajstić information content (AvgIpc) is 2.18. The van der Waals surface area contributed by atoms with E-state index in [0.29, 0.717) is 12.1 Å². The lowest BCUT2D eigenvalue weighted by molar-refractivity contribution is 0.0300. The molecule has 1 unspecified atom stereocenters. The molecule has 0 amide bonds. The Hall–Kier alpha value is -0.120. The molecule has 0 radical (unpaired) electrons. The molecule has 1 heterocycles. The predicted octanol–water partition coefficient (Wildman–Crippen LogP) is 0.705. The van der Waals surface area contributed by atoms with Gasteiger partial charge < -0.3 is 10.1 Å². The number of likely N-dealkylation sites (N-methyl/N-ethyl adjacent to an activating group) is 1. The first-order chi connectivity index (χ1) is 6.27. The molecule has 0 aromatic heterocycles. The topological polar surface area (TPSA) is 24.5 Å². The van der Waals surface area contributed by atoms with Crippen LogP contribution in [0.5, 0.6) is 0 Å². The molecule has 1 fully saturated rings. The molecule has 0 bridgehead atoms. The zero-order chi connectivity index (χ0) is 9.68. The minimum Gasteiger partial charge on any atom is -0.381 e. The van der Waals surface area contributed by atoms with Crippen LogP contribution < -0.4 is 5.32 Å². The SMILES string of the molecule is CNCC(C)N1CCC(OC)CC1. The molecule has 1 saturated heterocycles. The summed E-state index contributed by atoms with van der Waals surface area (Å²) in [5.74, 6) is 0. The minimum absolute atomic E-state index is 0.498. The molecule has 0 saturated carbocycles. The number of hydrogen-bond donors (Lipinski definition) is 1. The van der Waals surface area contributed by atoms with Gasteiger partial charge in [0, 0.05) is 32.8 Å². The van der Waals surface area contributed by atoms with E-state index in [4.69, 9.17) is 4.74 Å². The van der Waals surface area contributed by atoms with Gasteiger partial charge in [-0.15, -0.1) is 0 Å². The molecule has 3 nitrogen and oxygen atoms in total. The molecule has 0 aliphatic carbocycles. The number of methoxy groups -OCH3 is 1. The van der Waals surface area contributed by atoms with Gasteiger partial charge in [-0.2, -0.15) is 0 Å². The van der Waals surface area contributed by atoms with E-state index >= 15 is 0 Å². The van der Waals surface area contributed by atoms with Crippen LogP contribution in [-0.4, -0.2) is 50.8 Å². The maximum absolute atomic E-state index is 5.34. The maximum atomic E-state index is 5.34. The Labute approximate surface area is 81.4 Å². The van der Waals surface area contributed by atoms with Crippen molar-refractivity contribution in [2.75, 3.05) is 33.8 Å². The van der Waals surface area contributed by atoms with Crippen molar-refractivity contribution in [3.63, 3.8) is 0 Å². The standard InChI is InChI=1S/C10H22N2O/c1-9(8-11-2)12-6-4-10(13-3)5-7-12/h9-11H,4-8H2,1-3H3. The van der Waals surface area contributed by atoms with E-state index in [2.05, 4.69) is 17.1 Å². The van der Waals surface area contributed by atoms with Crippen molar-refractivity contribution < 1.29 is 4.74 Å². The first-order valence-corrected chi connectivity index (χ1v) is 5.19. The summed E-state index contributed by atoms with van der Waals surface area (Å²) in [6.07, 6.45) is 2.87. The number of hydrogen-bond acceptors (Lipinski definition) is 3. The summed E-state index contributed by atoms with van der Waals surface area (Å²) >= 11 is 0. The van der Waals surface area contributed by atoms with Gasteiger partial charge >= 0.3 is 0 Å². The molecular weight excluding hydrogens is 164 g/mol. The van der Waals surface area contributed by atoms with E-state index in [1.165, 1.54) is 25.9 Å². The molecule has 78 valence electrons. The first-order valence-electron chi connectivity index (χ1n) is 5.19. The van der Waals surface area contributed by atoms with Crippen LogP contribution >= 0.6 is 0 Å². The molecule has 1 aliphatic rings. The zero-order valence-corrected chi connectivity index (χ0v) is 9.05. The monoisotopic (exact) mass is 186 g/mol. The molecular formula is C10H22N2O. The number of piperidine rings is 1. The van der Waals surface area contributed by atoms with E-state index in [1.54, 1.807) is 0 Å². The Morgan fingerprint density at radius 1 is 1.46 bits per heavy atom. The second-order valence-electron chi connectivity index (χ2n) is 3.88. The van der Waals surface area contributed by atoms with Gasteiger partial charge in [0.15, 0.2) is 0 Å². The summed E-state index contributed by atoms with van der Waals surface area (Å²) < 4.78 is 5.34. The molecule has 13 heavy (non-hydrogen) atoms. The summed E-state index contributed by atoms with van der Waals surface area (Å²) in [6, 6.07) is 0.655. The van der Waals surface area contributed by atoms with Gasteiger partial charge in [-0.05, 0) is 26.8 Å². The van der Waals surface area contributed by atoms with E-state index in [0.717, 1.165) is 6.54 Å². The van der Waals surface area contributed by atoms with Gasteiger partial charge in [0.1, 0.15) is 0 Å². The van der Waals surface area contributed by atoms with E-state index in [-0.39, 0.29) is 0 Å². The third-order valence-electron chi connectivity index (χ3n) is 2.93. The van der Waals surface area contributed by atoms with Crippen LogP contribution in [0.1, 0.15) is 19.8 Å². The number of likely N-dealkylation sites (tertiary alicyclic amines) is 1. The minimum atomic E-state index is 0.498. The van der Waals surface area contributed by atoms with Crippen molar-refractivity contribution >= 4 is 0 Å². The van der Waals surface area contributed by atoms with E-state index < -0.39 is 0 Å². The van der Waals surface area contributed by atoms with Crippen LogP contribution in [-0.2, 0) is 4.74 Å². The second-order valence-corrected chi connectivity index (χ2v) is 3.88. The molecule has 1 N–H and O–H groups in total. The number of rotatable bonds is 4. The van der Waals surface area contributed by atoms with Gasteiger partial charge in [0.25, 0.3) is 0 Å². The Balaban J connectivity index is 2.23. The fourth-order valence-corrected chi connectivity index (χ4v) is 1.98. The molecule has 1 aliphatic heterocycles. The number of nitrogens with one attached hydrogen (secondary N) is 1. The third-order valence-corrected chi connectivity index (χ3v) is 2.93. The lowest BCUT2D eigenvalue weighted by atomic mass is 10.1. The first kappa shape index (κ1) is 11.0. The summed E-state index contributed by atoms with van der Waals surface area (Å²) in [7, 11) is 3.83. The molecule has 0 aromatic rings. The summed E-state index contributed by atoms with van der Waals surface area (Å²) in [6.45, 7) is 5.73. The second kappa shape index (κ2) is 5.58. The molecule has 3 heteroatoms. The summed E-state index contributed by atoms with van der Waals surface area (Å²) in [5.41, 5.74) is 0. The van der Waals surface area contributed by atoms with Crippen LogP contribution in [0.15, 0.2) is 0 Å². The smallest absolute Gasteiger partial charge is 0.0595 e. The Morgan fingerprint density at radius 2 is 2.08 bits per heavy atom. The Kier molecular flexibility index (Phi) is 4.70. The molecule has 0 aromatic carbocycles. The largest absolute Gasteiger partial charge is 0.381 e. The van der Waals surface area contributed by atoms with E-state index in [9.17, 15) is 0 Å². The van der Waals surface area contributed by atoms with Gasteiger partial charge in [-0.1, -0.05) is 0 Å². The van der Waals surface area contributed by atoms with Crippen LogP contribution in [0.4, 0.5) is 0 Å². The highest BCUT2D eigenvalue weighted by Gasteiger charge is 2.21. The van der Waals surface area contributed by atoms with Crippen molar-refractivity contribution in [2.24, 2.45) is 0 Å². The maximum Gasteiger partial charge on any atom is 0.0595 e. The Bertz CT molecular complexity index is 133. The van der Waals surface area contributed by atoms with Crippen LogP contribution in [0, 0.1) is 0 Å². The van der Waals surface area contributed by atoms with Gasteiger partial charge in [0.2, 0.25) is 0 Å². The Morgan fingerprint density at radius 3 is 2.54 bits per heavy atom. The fourth-order valence-electron chi connectivity index (χ4n) is 1.98. The average molecular weight is 186 g/mol. The predicted molar refractivity (Wildman–Crippen MR) is 55.0 cm³/mol. The van der Waals surface area contributed by atoms with Gasteiger partial charge in [-0.25, -0.2) is 0 Å². The van der Waals surface area contributed by atoms with Crippen molar-refractivity contribution in [3.8, 4) is 0 Å². The van der Waals surface area contributed by atoms with E-state index in [1.807, 2.05) is 14.2 Å².